The summed E-state index contributed by atoms with van der Waals surface area (Å²) in [6.07, 6.45) is 14.5. The van der Waals surface area contributed by atoms with E-state index in [2.05, 4.69) is 38.2 Å². The summed E-state index contributed by atoms with van der Waals surface area (Å²) in [6.45, 7) is 12.0. The van der Waals surface area contributed by atoms with E-state index in [1.807, 2.05) is 19.1 Å². The highest BCUT2D eigenvalue weighted by Crippen LogP contribution is 2.40. The highest BCUT2D eigenvalue weighted by atomic mass is 32.2. The predicted molar refractivity (Wildman–Crippen MR) is 131 cm³/mol. The molecule has 0 aromatic rings. The third-order valence-corrected chi connectivity index (χ3v) is 6.15. The molecule has 1 rings (SSSR count). The molecule has 0 aromatic carbocycles. The van der Waals surface area contributed by atoms with Gasteiger partial charge in [-0.1, -0.05) is 55.4 Å². The topological polar surface area (TPSA) is 110 Å². The fourth-order valence-electron chi connectivity index (χ4n) is 3.72. The summed E-state index contributed by atoms with van der Waals surface area (Å²) in [5.41, 5.74) is 4.66. The molecule has 0 aromatic heterocycles. The molecule has 7 nitrogen and oxygen atoms in total. The minimum Gasteiger partial charge on any atom is -0.464 e. The molecule has 0 heterocycles. The minimum atomic E-state index is -4.48. The number of nitrogens with one attached hydrogen (secondary N) is 1. The average Bonchev–Trinajstić information content (AvgIpc) is 2.65. The standard InChI is InChI=1S/C25H37NO6S/c1-7-32-24(28)22(17-33(29,30)31)26-23(27)16-19(3)11-8-10-18(2)13-14-21-20(4)12-9-15-25(21,5)6/h8,10-11,13-14,16,22H,7,9,12,15,17H2,1-6H3,(H,26,27)(H,29,30,31)/b11-8+,14-13+,18-10-,19-16+. The molecule has 2 N–H and O–H groups in total. The number of esters is 1. The molecule has 0 bridgehead atoms. The second-order valence-corrected chi connectivity index (χ2v) is 10.5. The number of ether oxygens (including phenoxy) is 1. The molecule has 0 aliphatic heterocycles. The molecular formula is C25H37NO6S. The van der Waals surface area contributed by atoms with Crippen LogP contribution in [0, 0.1) is 5.41 Å². The molecule has 0 spiro atoms. The van der Waals surface area contributed by atoms with Crippen molar-refractivity contribution >= 4 is 22.0 Å². The minimum absolute atomic E-state index is 0.0166. The van der Waals surface area contributed by atoms with E-state index in [0.717, 1.165) is 12.0 Å². The molecule has 1 unspecified atom stereocenters. The first-order valence-electron chi connectivity index (χ1n) is 11.1. The first kappa shape index (κ1) is 28.6. The van der Waals surface area contributed by atoms with Crippen molar-refractivity contribution in [3.8, 4) is 0 Å². The Balaban J connectivity index is 2.81. The number of carbonyl (C=O) groups is 2. The lowest BCUT2D eigenvalue weighted by Gasteiger charge is -2.32. The maximum atomic E-state index is 12.2. The van der Waals surface area contributed by atoms with Gasteiger partial charge in [-0.3, -0.25) is 9.35 Å². The SMILES string of the molecule is CCOC(=O)C(CS(=O)(=O)O)NC(=O)/C=C(C)/C=C/C=C(C)\C=C\C1=C(C)CCCC1(C)C. The Morgan fingerprint density at radius 1 is 1.21 bits per heavy atom. The Hall–Kier alpha value is -2.45. The smallest absolute Gasteiger partial charge is 0.329 e. The molecule has 0 saturated carbocycles. The van der Waals surface area contributed by atoms with E-state index in [-0.39, 0.29) is 12.0 Å². The third kappa shape index (κ3) is 10.8. The number of carbonyl (C=O) groups excluding carboxylic acids is 2. The van der Waals surface area contributed by atoms with E-state index in [1.165, 1.54) is 30.1 Å². The van der Waals surface area contributed by atoms with E-state index >= 15 is 0 Å². The van der Waals surface area contributed by atoms with Gasteiger partial charge in [0.15, 0.2) is 0 Å². The van der Waals surface area contributed by atoms with Crippen LogP contribution in [0.5, 0.6) is 0 Å². The Morgan fingerprint density at radius 2 is 1.88 bits per heavy atom. The highest BCUT2D eigenvalue weighted by Gasteiger charge is 2.27. The summed E-state index contributed by atoms with van der Waals surface area (Å²) >= 11 is 0. The van der Waals surface area contributed by atoms with E-state index < -0.39 is 33.8 Å². The highest BCUT2D eigenvalue weighted by molar-refractivity contribution is 7.85. The van der Waals surface area contributed by atoms with Gasteiger partial charge in [0.1, 0.15) is 11.8 Å². The molecule has 1 aliphatic carbocycles. The zero-order valence-electron chi connectivity index (χ0n) is 20.5. The Bertz CT molecular complexity index is 980. The molecule has 0 fully saturated rings. The average molecular weight is 480 g/mol. The van der Waals surface area contributed by atoms with Crippen LogP contribution in [0.25, 0.3) is 0 Å². The van der Waals surface area contributed by atoms with Crippen molar-refractivity contribution in [2.45, 2.75) is 66.8 Å². The van der Waals surface area contributed by atoms with E-state index in [9.17, 15) is 18.0 Å². The lowest BCUT2D eigenvalue weighted by Crippen LogP contribution is -2.45. The van der Waals surface area contributed by atoms with Gasteiger partial charge >= 0.3 is 5.97 Å². The number of allylic oxidation sites excluding steroid dienone is 9. The second-order valence-electron chi connectivity index (χ2n) is 8.98. The van der Waals surface area contributed by atoms with Crippen LogP contribution in [0.4, 0.5) is 0 Å². The monoisotopic (exact) mass is 479 g/mol. The summed E-state index contributed by atoms with van der Waals surface area (Å²) in [7, 11) is -4.48. The van der Waals surface area contributed by atoms with Crippen molar-refractivity contribution in [1.82, 2.24) is 5.32 Å². The molecule has 0 radical (unpaired) electrons. The van der Waals surface area contributed by atoms with Gasteiger partial charge in [0.05, 0.1) is 6.61 Å². The summed E-state index contributed by atoms with van der Waals surface area (Å²) in [5, 5.41) is 2.26. The first-order valence-corrected chi connectivity index (χ1v) is 12.7. The van der Waals surface area contributed by atoms with Crippen LogP contribution in [0.15, 0.2) is 58.7 Å². The third-order valence-electron chi connectivity index (χ3n) is 5.40. The number of rotatable bonds is 10. The van der Waals surface area contributed by atoms with E-state index in [0.29, 0.717) is 5.57 Å². The Morgan fingerprint density at radius 3 is 2.45 bits per heavy atom. The number of hydrogen-bond acceptors (Lipinski definition) is 5. The second kappa shape index (κ2) is 12.7. The van der Waals surface area contributed by atoms with E-state index in [4.69, 9.17) is 9.29 Å². The fourth-order valence-corrected chi connectivity index (χ4v) is 4.36. The molecule has 33 heavy (non-hydrogen) atoms. The van der Waals surface area contributed by atoms with Crippen molar-refractivity contribution in [3.05, 3.63) is 58.7 Å². The summed E-state index contributed by atoms with van der Waals surface area (Å²) in [6, 6.07) is -1.49. The fraction of sp³-hybridized carbons (Fsp3) is 0.520. The van der Waals surface area contributed by atoms with Crippen LogP contribution in [-0.4, -0.2) is 43.2 Å². The van der Waals surface area contributed by atoms with Crippen LogP contribution < -0.4 is 5.32 Å². The van der Waals surface area contributed by atoms with Gasteiger partial charge in [-0.15, -0.1) is 0 Å². The van der Waals surface area contributed by atoms with E-state index in [1.54, 1.807) is 19.9 Å². The quantitative estimate of drug-likeness (QED) is 0.207. The largest absolute Gasteiger partial charge is 0.464 e. The lowest BCUT2D eigenvalue weighted by molar-refractivity contribution is -0.146. The molecule has 1 atom stereocenters. The maximum absolute atomic E-state index is 12.2. The molecular weight excluding hydrogens is 442 g/mol. The zero-order chi connectivity index (χ0) is 25.2. The Labute approximate surface area is 198 Å². The van der Waals surface area contributed by atoms with Crippen molar-refractivity contribution in [3.63, 3.8) is 0 Å². The summed E-state index contributed by atoms with van der Waals surface area (Å²) in [5.74, 6) is -2.55. The molecule has 1 amide bonds. The van der Waals surface area contributed by atoms with Crippen LogP contribution in [-0.2, 0) is 24.4 Å². The maximum Gasteiger partial charge on any atom is 0.329 e. The molecule has 184 valence electrons. The number of amides is 1. The van der Waals surface area contributed by atoms with Crippen LogP contribution in [0.3, 0.4) is 0 Å². The normalized spacial score (nSPS) is 18.6. The van der Waals surface area contributed by atoms with Gasteiger partial charge in [-0.25, -0.2) is 4.79 Å². The van der Waals surface area contributed by atoms with Crippen molar-refractivity contribution in [1.29, 1.82) is 0 Å². The zero-order valence-corrected chi connectivity index (χ0v) is 21.3. The molecule has 8 heteroatoms. The van der Waals surface area contributed by atoms with Crippen molar-refractivity contribution < 1.29 is 27.3 Å². The molecule has 1 aliphatic rings. The predicted octanol–water partition coefficient (Wildman–Crippen LogP) is 4.45. The van der Waals surface area contributed by atoms with Crippen LogP contribution >= 0.6 is 0 Å². The van der Waals surface area contributed by atoms with Crippen LogP contribution in [0.1, 0.15) is 60.8 Å². The number of hydrogen-bond donors (Lipinski definition) is 2. The van der Waals surface area contributed by atoms with Gasteiger partial charge in [0.25, 0.3) is 10.1 Å². The summed E-state index contributed by atoms with van der Waals surface area (Å²) in [4.78, 5) is 24.0. The Kier molecular flexibility index (Phi) is 11.0. The lowest BCUT2D eigenvalue weighted by atomic mass is 9.72. The molecule has 0 saturated heterocycles. The van der Waals surface area contributed by atoms with Gasteiger partial charge in [-0.05, 0) is 63.5 Å². The van der Waals surface area contributed by atoms with Crippen molar-refractivity contribution in [2.75, 3.05) is 12.4 Å². The van der Waals surface area contributed by atoms with Gasteiger partial charge in [0.2, 0.25) is 5.91 Å². The first-order chi connectivity index (χ1) is 15.2. The van der Waals surface area contributed by atoms with Gasteiger partial charge in [-0.2, -0.15) is 8.42 Å². The van der Waals surface area contributed by atoms with Crippen LogP contribution in [0.2, 0.25) is 0 Å². The van der Waals surface area contributed by atoms with Crippen molar-refractivity contribution in [2.24, 2.45) is 5.41 Å². The summed E-state index contributed by atoms with van der Waals surface area (Å²) < 4.78 is 36.0. The van der Waals surface area contributed by atoms with Gasteiger partial charge in [0, 0.05) is 6.08 Å². The van der Waals surface area contributed by atoms with Gasteiger partial charge < -0.3 is 10.1 Å².